The van der Waals surface area contributed by atoms with Crippen LogP contribution in [-0.4, -0.2) is 64.6 Å². The van der Waals surface area contributed by atoms with Crippen LogP contribution < -0.4 is 20.1 Å². The zero-order valence-corrected chi connectivity index (χ0v) is 21.5. The standard InChI is InChI=1S/C24H30F7N5O2/c1-21(2)9-15(10-22(3,4)36(21)5)33-19-18(25)11-32-20(35-19)34-14-6-16(37-12-23(26,27)28)8-17(7-14)38-13-24(29,30)31/h6-8,11,15H,9-10,12-13H2,1-5H3,(H2,32,33,34,35). The van der Waals surface area contributed by atoms with Crippen LogP contribution in [-0.2, 0) is 0 Å². The molecule has 212 valence electrons. The average molecular weight is 554 g/mol. The lowest BCUT2D eigenvalue weighted by atomic mass is 9.77. The number of rotatable bonds is 8. The molecular weight excluding hydrogens is 523 g/mol. The molecule has 1 aromatic heterocycles. The number of ether oxygens (including phenoxy) is 2. The second kappa shape index (κ2) is 10.6. The number of benzene rings is 1. The minimum atomic E-state index is -4.67. The number of piperidine rings is 1. The molecule has 2 N–H and O–H groups in total. The number of nitrogens with zero attached hydrogens (tertiary/aromatic N) is 3. The normalized spacial score (nSPS) is 18.2. The lowest BCUT2D eigenvalue weighted by Crippen LogP contribution is -2.61. The molecule has 0 saturated carbocycles. The van der Waals surface area contributed by atoms with Crippen LogP contribution in [0.3, 0.4) is 0 Å². The highest BCUT2D eigenvalue weighted by molar-refractivity contribution is 5.60. The Morgan fingerprint density at radius 1 is 0.921 bits per heavy atom. The lowest BCUT2D eigenvalue weighted by Gasteiger charge is -2.53. The Kier molecular flexibility index (Phi) is 8.25. The van der Waals surface area contributed by atoms with E-state index in [0.717, 1.165) is 24.4 Å². The largest absolute Gasteiger partial charge is 0.484 e. The third-order valence-electron chi connectivity index (χ3n) is 6.33. The molecule has 14 heteroatoms. The second-order valence-electron chi connectivity index (χ2n) is 10.4. The van der Waals surface area contributed by atoms with Gasteiger partial charge in [0.2, 0.25) is 5.95 Å². The number of anilines is 3. The molecule has 1 aliphatic rings. The molecule has 1 aliphatic heterocycles. The third-order valence-corrected chi connectivity index (χ3v) is 6.33. The molecule has 3 rings (SSSR count). The molecule has 0 radical (unpaired) electrons. The van der Waals surface area contributed by atoms with Crippen LogP contribution in [0, 0.1) is 5.82 Å². The molecule has 0 atom stereocenters. The van der Waals surface area contributed by atoms with Crippen LogP contribution in [0.2, 0.25) is 0 Å². The van der Waals surface area contributed by atoms with Gasteiger partial charge in [0.25, 0.3) is 0 Å². The van der Waals surface area contributed by atoms with Gasteiger partial charge in [-0.05, 0) is 47.6 Å². The number of hydrogen-bond acceptors (Lipinski definition) is 7. The Bertz CT molecular complexity index is 1070. The summed E-state index contributed by atoms with van der Waals surface area (Å²) in [6.07, 6.45) is -7.05. The van der Waals surface area contributed by atoms with Crippen LogP contribution in [0.15, 0.2) is 24.4 Å². The van der Waals surface area contributed by atoms with Crippen molar-refractivity contribution in [3.05, 3.63) is 30.2 Å². The summed E-state index contributed by atoms with van der Waals surface area (Å²) < 4.78 is 99.5. The van der Waals surface area contributed by atoms with E-state index in [9.17, 15) is 30.7 Å². The number of alkyl halides is 6. The van der Waals surface area contributed by atoms with Crippen molar-refractivity contribution in [3.63, 3.8) is 0 Å². The van der Waals surface area contributed by atoms with Gasteiger partial charge in [0.15, 0.2) is 24.8 Å². The van der Waals surface area contributed by atoms with E-state index in [1.165, 1.54) is 0 Å². The summed E-state index contributed by atoms with van der Waals surface area (Å²) in [5, 5.41) is 5.78. The summed E-state index contributed by atoms with van der Waals surface area (Å²) in [7, 11) is 2.03. The number of halogens is 7. The van der Waals surface area contributed by atoms with Gasteiger partial charge in [-0.15, -0.1) is 0 Å². The van der Waals surface area contributed by atoms with Gasteiger partial charge in [-0.3, -0.25) is 4.90 Å². The number of nitrogens with one attached hydrogen (secondary N) is 2. The molecule has 0 aliphatic carbocycles. The fourth-order valence-electron chi connectivity index (χ4n) is 4.47. The Morgan fingerprint density at radius 2 is 1.42 bits per heavy atom. The molecule has 1 fully saturated rings. The highest BCUT2D eigenvalue weighted by atomic mass is 19.4. The summed E-state index contributed by atoms with van der Waals surface area (Å²) in [4.78, 5) is 10.2. The SMILES string of the molecule is CN1C(C)(C)CC(Nc2nc(Nc3cc(OCC(F)(F)F)cc(OCC(F)(F)F)c3)ncc2F)CC1(C)C. The summed E-state index contributed by atoms with van der Waals surface area (Å²) >= 11 is 0. The van der Waals surface area contributed by atoms with E-state index in [1.54, 1.807) is 0 Å². The molecule has 2 aromatic rings. The Hall–Kier alpha value is -3.03. The van der Waals surface area contributed by atoms with Crippen LogP contribution >= 0.6 is 0 Å². The number of hydrogen-bond donors (Lipinski definition) is 2. The van der Waals surface area contributed by atoms with E-state index in [4.69, 9.17) is 0 Å². The summed E-state index contributed by atoms with van der Waals surface area (Å²) in [5.74, 6) is -1.76. The predicted octanol–water partition coefficient (Wildman–Crippen LogP) is 6.30. The van der Waals surface area contributed by atoms with E-state index in [2.05, 4.69) is 62.7 Å². The summed E-state index contributed by atoms with van der Waals surface area (Å²) in [6, 6.07) is 2.97. The highest BCUT2D eigenvalue weighted by Crippen LogP contribution is 2.38. The lowest BCUT2D eigenvalue weighted by molar-refractivity contribution is -0.153. The molecular formula is C24H30F7N5O2. The second-order valence-corrected chi connectivity index (χ2v) is 10.4. The Labute approximate surface area is 215 Å². The van der Waals surface area contributed by atoms with Crippen LogP contribution in [0.4, 0.5) is 48.2 Å². The van der Waals surface area contributed by atoms with E-state index in [-0.39, 0.29) is 34.6 Å². The van der Waals surface area contributed by atoms with Crippen molar-refractivity contribution in [3.8, 4) is 11.5 Å². The molecule has 7 nitrogen and oxygen atoms in total. The molecule has 0 spiro atoms. The first-order valence-corrected chi connectivity index (χ1v) is 11.7. The van der Waals surface area contributed by atoms with Crippen molar-refractivity contribution in [2.24, 2.45) is 0 Å². The van der Waals surface area contributed by atoms with Crippen LogP contribution in [0.25, 0.3) is 0 Å². The first-order valence-electron chi connectivity index (χ1n) is 11.7. The highest BCUT2D eigenvalue weighted by Gasteiger charge is 2.43. The Morgan fingerprint density at radius 3 is 1.89 bits per heavy atom. The Balaban J connectivity index is 1.83. The molecule has 1 saturated heterocycles. The summed E-state index contributed by atoms with van der Waals surface area (Å²) in [5.41, 5.74) is -0.401. The molecule has 0 amide bonds. The zero-order valence-electron chi connectivity index (χ0n) is 21.5. The first kappa shape index (κ1) is 29.5. The minimum absolute atomic E-state index is 0.0269. The van der Waals surface area contributed by atoms with E-state index in [1.807, 2.05) is 7.05 Å². The quantitative estimate of drug-likeness (QED) is 0.372. The average Bonchev–Trinajstić information content (AvgIpc) is 2.75. The number of aromatic nitrogens is 2. The van der Waals surface area contributed by atoms with Crippen molar-refractivity contribution in [2.75, 3.05) is 30.9 Å². The molecule has 1 aromatic carbocycles. The van der Waals surface area contributed by atoms with Gasteiger partial charge in [-0.25, -0.2) is 9.37 Å². The van der Waals surface area contributed by atoms with Crippen molar-refractivity contribution in [2.45, 2.75) is 70.0 Å². The maximum atomic E-state index is 14.6. The zero-order chi connectivity index (χ0) is 28.5. The fraction of sp³-hybridized carbons (Fsp3) is 0.583. The van der Waals surface area contributed by atoms with Gasteiger partial charge in [-0.1, -0.05) is 0 Å². The van der Waals surface area contributed by atoms with Gasteiger partial charge >= 0.3 is 12.4 Å². The van der Waals surface area contributed by atoms with Crippen molar-refractivity contribution in [1.82, 2.24) is 14.9 Å². The maximum Gasteiger partial charge on any atom is 0.422 e. The van der Waals surface area contributed by atoms with Gasteiger partial charge in [0.1, 0.15) is 11.5 Å². The van der Waals surface area contributed by atoms with Crippen LogP contribution in [0.5, 0.6) is 11.5 Å². The van der Waals surface area contributed by atoms with Gasteiger partial charge in [-0.2, -0.15) is 31.3 Å². The third kappa shape index (κ3) is 8.23. The molecule has 0 bridgehead atoms. The fourth-order valence-corrected chi connectivity index (χ4v) is 4.47. The van der Waals surface area contributed by atoms with Gasteiger partial charge in [0.05, 0.1) is 6.20 Å². The van der Waals surface area contributed by atoms with E-state index in [0.29, 0.717) is 12.8 Å². The van der Waals surface area contributed by atoms with Crippen LogP contribution in [0.1, 0.15) is 40.5 Å². The van der Waals surface area contributed by atoms with E-state index >= 15 is 0 Å². The smallest absolute Gasteiger partial charge is 0.422 e. The van der Waals surface area contributed by atoms with Crippen molar-refractivity contribution in [1.29, 1.82) is 0 Å². The predicted molar refractivity (Wildman–Crippen MR) is 127 cm³/mol. The maximum absolute atomic E-state index is 14.6. The summed E-state index contributed by atoms with van der Waals surface area (Å²) in [6.45, 7) is 4.99. The molecule has 2 heterocycles. The molecule has 0 unspecified atom stereocenters. The van der Waals surface area contributed by atoms with Gasteiger partial charge < -0.3 is 20.1 Å². The monoisotopic (exact) mass is 553 g/mol. The van der Waals surface area contributed by atoms with Crippen molar-refractivity contribution >= 4 is 17.5 Å². The first-order chi connectivity index (χ1) is 17.3. The number of likely N-dealkylation sites (tertiary alicyclic amines) is 1. The van der Waals surface area contributed by atoms with E-state index < -0.39 is 42.9 Å². The minimum Gasteiger partial charge on any atom is -0.484 e. The topological polar surface area (TPSA) is 71.5 Å². The van der Waals surface area contributed by atoms with Gasteiger partial charge in [0, 0.05) is 41.0 Å². The molecule has 38 heavy (non-hydrogen) atoms. The van der Waals surface area contributed by atoms with Crippen molar-refractivity contribution < 1.29 is 40.2 Å².